The zero-order valence-corrected chi connectivity index (χ0v) is 10.3. The minimum atomic E-state index is -5.66. The van der Waals surface area contributed by atoms with Crippen molar-refractivity contribution in [3.05, 3.63) is 0 Å². The number of hydrogen-bond donors (Lipinski definition) is 2. The van der Waals surface area contributed by atoms with Gasteiger partial charge in [0.1, 0.15) is 5.54 Å². The highest BCUT2D eigenvalue weighted by molar-refractivity contribution is 5.78. The number of rotatable bonds is 6. The van der Waals surface area contributed by atoms with Crippen LogP contribution in [0, 0.1) is 0 Å². The van der Waals surface area contributed by atoms with Crippen LogP contribution in [0.4, 0.5) is 26.3 Å². The lowest BCUT2D eigenvalue weighted by Crippen LogP contribution is -2.56. The third-order valence-electron chi connectivity index (χ3n) is 2.71. The number of hydrogen-bond acceptors (Lipinski definition) is 3. The molecule has 0 heterocycles. The standard InChI is InChI=1S/C10H13F6NO3/c1-8(7(18)19,17-5-2-3-5)4-20-6(9(11,12)13)10(14,15)16/h5-6,17H,2-4H2,1H3,(H,18,19). The van der Waals surface area contributed by atoms with E-state index in [0.717, 1.165) is 6.92 Å². The number of carbonyl (C=O) groups is 1. The molecule has 0 aromatic rings. The average molecular weight is 309 g/mol. The average Bonchev–Trinajstić information content (AvgIpc) is 2.96. The smallest absolute Gasteiger partial charge is 0.423 e. The fraction of sp³-hybridized carbons (Fsp3) is 0.900. The maximum Gasteiger partial charge on any atom is 0.423 e. The molecular weight excluding hydrogens is 296 g/mol. The summed E-state index contributed by atoms with van der Waals surface area (Å²) >= 11 is 0. The lowest BCUT2D eigenvalue weighted by atomic mass is 10.0. The van der Waals surface area contributed by atoms with E-state index in [4.69, 9.17) is 5.11 Å². The summed E-state index contributed by atoms with van der Waals surface area (Å²) in [5.41, 5.74) is -2.00. The molecule has 1 aliphatic carbocycles. The van der Waals surface area contributed by atoms with Crippen molar-refractivity contribution in [1.29, 1.82) is 0 Å². The van der Waals surface area contributed by atoms with Crippen molar-refractivity contribution < 1.29 is 41.0 Å². The molecule has 1 unspecified atom stereocenters. The van der Waals surface area contributed by atoms with E-state index < -0.39 is 36.6 Å². The molecule has 1 saturated carbocycles. The van der Waals surface area contributed by atoms with Crippen LogP contribution in [0.5, 0.6) is 0 Å². The summed E-state index contributed by atoms with van der Waals surface area (Å²) in [5, 5.41) is 11.4. The lowest BCUT2D eigenvalue weighted by Gasteiger charge is -2.30. The molecule has 0 aromatic carbocycles. The van der Waals surface area contributed by atoms with Gasteiger partial charge in [0.15, 0.2) is 0 Å². The molecular formula is C10H13F6NO3. The van der Waals surface area contributed by atoms with Gasteiger partial charge in [-0.3, -0.25) is 10.1 Å². The highest BCUT2D eigenvalue weighted by Gasteiger charge is 2.58. The van der Waals surface area contributed by atoms with Gasteiger partial charge in [0.05, 0.1) is 6.61 Å². The number of alkyl halides is 6. The van der Waals surface area contributed by atoms with Gasteiger partial charge in [0.2, 0.25) is 6.10 Å². The summed E-state index contributed by atoms with van der Waals surface area (Å²) in [6.07, 6.45) is -14.1. The van der Waals surface area contributed by atoms with Gasteiger partial charge >= 0.3 is 18.3 Å². The van der Waals surface area contributed by atoms with Crippen molar-refractivity contribution in [2.24, 2.45) is 0 Å². The van der Waals surface area contributed by atoms with Gasteiger partial charge in [-0.1, -0.05) is 0 Å². The molecule has 0 aliphatic heterocycles. The van der Waals surface area contributed by atoms with Crippen LogP contribution in [-0.4, -0.2) is 47.7 Å². The van der Waals surface area contributed by atoms with E-state index in [-0.39, 0.29) is 6.04 Å². The first kappa shape index (κ1) is 17.0. The molecule has 20 heavy (non-hydrogen) atoms. The van der Waals surface area contributed by atoms with Gasteiger partial charge in [0.25, 0.3) is 0 Å². The monoisotopic (exact) mass is 309 g/mol. The van der Waals surface area contributed by atoms with Crippen molar-refractivity contribution >= 4 is 5.97 Å². The Hall–Kier alpha value is -1.03. The highest BCUT2D eigenvalue weighted by Crippen LogP contribution is 2.36. The van der Waals surface area contributed by atoms with Crippen LogP contribution in [0.2, 0.25) is 0 Å². The molecule has 2 N–H and O–H groups in total. The zero-order valence-electron chi connectivity index (χ0n) is 10.3. The second kappa shape index (κ2) is 5.40. The van der Waals surface area contributed by atoms with Crippen LogP contribution in [0.1, 0.15) is 19.8 Å². The van der Waals surface area contributed by atoms with E-state index in [1.807, 2.05) is 0 Å². The van der Waals surface area contributed by atoms with Crippen LogP contribution >= 0.6 is 0 Å². The Bertz CT molecular complexity index is 351. The van der Waals surface area contributed by atoms with Gasteiger partial charge in [-0.25, -0.2) is 0 Å². The summed E-state index contributed by atoms with van der Waals surface area (Å²) < 4.78 is 77.4. The number of ether oxygens (including phenoxy) is 1. The predicted octanol–water partition coefficient (Wildman–Crippen LogP) is 2.09. The second-order valence-electron chi connectivity index (χ2n) is 4.83. The zero-order chi connectivity index (χ0) is 15.8. The topological polar surface area (TPSA) is 58.6 Å². The van der Waals surface area contributed by atoms with Crippen molar-refractivity contribution in [3.8, 4) is 0 Å². The highest BCUT2D eigenvalue weighted by atomic mass is 19.4. The molecule has 1 fully saturated rings. The number of halogens is 6. The summed E-state index contributed by atoms with van der Waals surface area (Å²) in [5.74, 6) is -1.58. The summed E-state index contributed by atoms with van der Waals surface area (Å²) in [7, 11) is 0. The minimum absolute atomic E-state index is 0.227. The Morgan fingerprint density at radius 1 is 1.25 bits per heavy atom. The molecule has 0 saturated heterocycles. The van der Waals surface area contributed by atoms with E-state index in [1.165, 1.54) is 0 Å². The Kier molecular flexibility index (Phi) is 4.59. The van der Waals surface area contributed by atoms with Gasteiger partial charge in [-0.05, 0) is 19.8 Å². The molecule has 1 rings (SSSR count). The first-order valence-electron chi connectivity index (χ1n) is 5.62. The summed E-state index contributed by atoms with van der Waals surface area (Å²) in [4.78, 5) is 11.0. The Morgan fingerprint density at radius 3 is 2.00 bits per heavy atom. The fourth-order valence-electron chi connectivity index (χ4n) is 1.47. The van der Waals surface area contributed by atoms with Crippen LogP contribution in [0.15, 0.2) is 0 Å². The molecule has 1 atom stereocenters. The molecule has 118 valence electrons. The quantitative estimate of drug-likeness (QED) is 0.738. The molecule has 0 amide bonds. The SMILES string of the molecule is CC(COC(C(F)(F)F)C(F)(F)F)(NC1CC1)C(=O)O. The van der Waals surface area contributed by atoms with Crippen LogP contribution in [0.3, 0.4) is 0 Å². The Balaban J connectivity index is 2.75. The first-order chi connectivity index (χ1) is 8.86. The van der Waals surface area contributed by atoms with Crippen molar-refractivity contribution in [2.45, 2.75) is 49.8 Å². The molecule has 10 heteroatoms. The third-order valence-corrected chi connectivity index (χ3v) is 2.71. The Morgan fingerprint density at radius 2 is 1.70 bits per heavy atom. The molecule has 0 bridgehead atoms. The largest absolute Gasteiger partial charge is 0.480 e. The second-order valence-corrected chi connectivity index (χ2v) is 4.83. The maximum absolute atomic E-state index is 12.3. The Labute approximate surface area is 110 Å². The van der Waals surface area contributed by atoms with Crippen molar-refractivity contribution in [2.75, 3.05) is 6.61 Å². The molecule has 1 aliphatic rings. The van der Waals surface area contributed by atoms with E-state index in [2.05, 4.69) is 10.1 Å². The van der Waals surface area contributed by atoms with E-state index in [1.54, 1.807) is 0 Å². The van der Waals surface area contributed by atoms with Crippen LogP contribution < -0.4 is 5.32 Å². The van der Waals surface area contributed by atoms with Gasteiger partial charge in [-0.2, -0.15) is 26.3 Å². The molecule has 0 spiro atoms. The number of nitrogens with one attached hydrogen (secondary N) is 1. The van der Waals surface area contributed by atoms with Crippen LogP contribution in [0.25, 0.3) is 0 Å². The first-order valence-corrected chi connectivity index (χ1v) is 5.62. The maximum atomic E-state index is 12.3. The predicted molar refractivity (Wildman–Crippen MR) is 54.0 cm³/mol. The summed E-state index contributed by atoms with van der Waals surface area (Å²) in [6, 6.07) is -0.227. The molecule has 0 radical (unpaired) electrons. The minimum Gasteiger partial charge on any atom is -0.480 e. The molecule has 4 nitrogen and oxygen atoms in total. The van der Waals surface area contributed by atoms with E-state index >= 15 is 0 Å². The lowest BCUT2D eigenvalue weighted by molar-refractivity contribution is -0.324. The van der Waals surface area contributed by atoms with Crippen molar-refractivity contribution in [1.82, 2.24) is 5.32 Å². The van der Waals surface area contributed by atoms with E-state index in [0.29, 0.717) is 12.8 Å². The number of carboxylic acids is 1. The van der Waals surface area contributed by atoms with Crippen LogP contribution in [-0.2, 0) is 9.53 Å². The van der Waals surface area contributed by atoms with Crippen molar-refractivity contribution in [3.63, 3.8) is 0 Å². The third kappa shape index (κ3) is 4.51. The van der Waals surface area contributed by atoms with Gasteiger partial charge in [-0.15, -0.1) is 0 Å². The van der Waals surface area contributed by atoms with E-state index in [9.17, 15) is 31.1 Å². The van der Waals surface area contributed by atoms with Gasteiger partial charge < -0.3 is 9.84 Å². The fourth-order valence-corrected chi connectivity index (χ4v) is 1.47. The number of carboxylic acid groups (broad SMARTS) is 1. The summed E-state index contributed by atoms with van der Waals surface area (Å²) in [6.45, 7) is -0.264. The van der Waals surface area contributed by atoms with Gasteiger partial charge in [0, 0.05) is 6.04 Å². The molecule has 0 aromatic heterocycles. The number of aliphatic carboxylic acids is 1. The normalized spacial score (nSPS) is 20.0.